The molecule has 3 aromatic carbocycles. The number of hydrazone groups is 1. The maximum Gasteiger partial charge on any atom is 0.284 e. The predicted octanol–water partition coefficient (Wildman–Crippen LogP) is 5.03. The molecule has 1 aromatic heterocycles. The third kappa shape index (κ3) is 5.14. The van der Waals surface area contributed by atoms with E-state index in [1.807, 2.05) is 18.2 Å². The minimum Gasteiger partial charge on any atom is -0.497 e. The summed E-state index contributed by atoms with van der Waals surface area (Å²) in [7, 11) is 9.15. The Morgan fingerprint density at radius 3 is 2.11 bits per heavy atom. The summed E-state index contributed by atoms with van der Waals surface area (Å²) in [6.07, 6.45) is 1.52. The van der Waals surface area contributed by atoms with Crippen LogP contribution in [0.4, 0.5) is 5.13 Å². The number of methoxy groups -OCH3 is 6. The summed E-state index contributed by atoms with van der Waals surface area (Å²) in [6, 6.07) is 14.0. The molecule has 0 atom stereocenters. The Morgan fingerprint density at radius 1 is 0.816 bits per heavy atom. The van der Waals surface area contributed by atoms with Crippen molar-refractivity contribution in [3.05, 3.63) is 59.7 Å². The van der Waals surface area contributed by atoms with Gasteiger partial charge in [0.15, 0.2) is 23.0 Å². The Morgan fingerprint density at radius 2 is 1.50 bits per heavy atom. The second-order valence-electron chi connectivity index (χ2n) is 7.69. The molecule has 38 heavy (non-hydrogen) atoms. The van der Waals surface area contributed by atoms with Crippen LogP contribution >= 0.6 is 11.3 Å². The van der Waals surface area contributed by atoms with Gasteiger partial charge < -0.3 is 28.4 Å². The van der Waals surface area contributed by atoms with E-state index in [0.29, 0.717) is 45.0 Å². The summed E-state index contributed by atoms with van der Waals surface area (Å²) in [5.74, 6) is 2.27. The molecule has 0 bridgehead atoms. The standard InChI is InChI=1S/C27H27N3O7S/c1-32-17-10-11-19-23(14-17)38-27(29-19)30(26(31)18-8-7-9-20(33-2)24(18)36-5)28-15-16-12-21(34-3)25(37-6)22(13-16)35-4/h7-15H,1-6H3/b28-15+. The van der Waals surface area contributed by atoms with E-state index in [4.69, 9.17) is 28.4 Å². The fourth-order valence-electron chi connectivity index (χ4n) is 3.77. The summed E-state index contributed by atoms with van der Waals surface area (Å²) >= 11 is 1.30. The van der Waals surface area contributed by atoms with Crippen molar-refractivity contribution in [2.75, 3.05) is 47.7 Å². The molecule has 0 aliphatic carbocycles. The summed E-state index contributed by atoms with van der Waals surface area (Å²) in [5.41, 5.74) is 1.56. The SMILES string of the molecule is COc1ccc2nc(N(/N=C/c3cc(OC)c(OC)c(OC)c3)C(=O)c3cccc(OC)c3OC)sc2c1. The van der Waals surface area contributed by atoms with Gasteiger partial charge in [0.2, 0.25) is 10.9 Å². The van der Waals surface area contributed by atoms with Crippen molar-refractivity contribution in [2.24, 2.45) is 5.10 Å². The Bertz CT molecular complexity index is 1460. The van der Waals surface area contributed by atoms with Gasteiger partial charge in [-0.2, -0.15) is 10.1 Å². The van der Waals surface area contributed by atoms with E-state index >= 15 is 0 Å². The molecule has 4 aromatic rings. The molecule has 0 saturated heterocycles. The zero-order valence-corrected chi connectivity index (χ0v) is 22.6. The topological polar surface area (TPSA) is 101 Å². The van der Waals surface area contributed by atoms with Crippen LogP contribution in [0.5, 0.6) is 34.5 Å². The number of nitrogens with zero attached hydrogens (tertiary/aromatic N) is 3. The molecule has 0 radical (unpaired) electrons. The lowest BCUT2D eigenvalue weighted by atomic mass is 10.1. The van der Waals surface area contributed by atoms with Crippen LogP contribution in [0.3, 0.4) is 0 Å². The van der Waals surface area contributed by atoms with Crippen molar-refractivity contribution in [3.8, 4) is 34.5 Å². The molecule has 4 rings (SSSR count). The van der Waals surface area contributed by atoms with Crippen LogP contribution in [0.15, 0.2) is 53.6 Å². The molecule has 1 heterocycles. The number of carbonyl (C=O) groups is 1. The molecule has 0 saturated carbocycles. The van der Waals surface area contributed by atoms with Crippen LogP contribution < -0.4 is 33.4 Å². The van der Waals surface area contributed by atoms with E-state index in [1.54, 1.807) is 37.4 Å². The van der Waals surface area contributed by atoms with Crippen LogP contribution in [0, 0.1) is 0 Å². The first-order valence-corrected chi connectivity index (χ1v) is 12.1. The number of rotatable bonds is 10. The highest BCUT2D eigenvalue weighted by Gasteiger charge is 2.26. The predicted molar refractivity (Wildman–Crippen MR) is 146 cm³/mol. The Labute approximate surface area is 223 Å². The number of hydrogen-bond acceptors (Lipinski definition) is 10. The number of benzene rings is 3. The van der Waals surface area contributed by atoms with Crippen LogP contribution in [-0.2, 0) is 0 Å². The van der Waals surface area contributed by atoms with E-state index in [2.05, 4.69) is 10.1 Å². The van der Waals surface area contributed by atoms with Crippen LogP contribution in [0.1, 0.15) is 15.9 Å². The van der Waals surface area contributed by atoms with Gasteiger partial charge in [-0.1, -0.05) is 17.4 Å². The number of fused-ring (bicyclic) bond motifs is 1. The first-order valence-electron chi connectivity index (χ1n) is 11.3. The molecular weight excluding hydrogens is 510 g/mol. The maximum atomic E-state index is 13.9. The van der Waals surface area contributed by atoms with Gasteiger partial charge in [0.25, 0.3) is 5.91 Å². The highest BCUT2D eigenvalue weighted by Crippen LogP contribution is 2.39. The lowest BCUT2D eigenvalue weighted by Crippen LogP contribution is -2.26. The number of hydrogen-bond donors (Lipinski definition) is 0. The van der Waals surface area contributed by atoms with Gasteiger partial charge in [-0.05, 0) is 42.5 Å². The molecule has 0 N–H and O–H groups in total. The van der Waals surface area contributed by atoms with Gasteiger partial charge >= 0.3 is 0 Å². The second kappa shape index (κ2) is 11.7. The highest BCUT2D eigenvalue weighted by molar-refractivity contribution is 7.22. The first kappa shape index (κ1) is 26.6. The average Bonchev–Trinajstić information content (AvgIpc) is 3.38. The molecular formula is C27H27N3O7S. The number of anilines is 1. The zero-order chi connectivity index (χ0) is 27.2. The smallest absolute Gasteiger partial charge is 0.284 e. The third-order valence-corrected chi connectivity index (χ3v) is 6.59. The van der Waals surface area contributed by atoms with Crippen LogP contribution in [-0.4, -0.2) is 59.8 Å². The van der Waals surface area contributed by atoms with E-state index in [0.717, 1.165) is 4.70 Å². The van der Waals surface area contributed by atoms with E-state index in [9.17, 15) is 4.79 Å². The van der Waals surface area contributed by atoms with Crippen molar-refractivity contribution < 1.29 is 33.2 Å². The Hall–Kier alpha value is -4.51. The molecule has 0 unspecified atom stereocenters. The summed E-state index contributed by atoms with van der Waals surface area (Å²) < 4.78 is 33.4. The maximum absolute atomic E-state index is 13.9. The van der Waals surface area contributed by atoms with Gasteiger partial charge in [-0.25, -0.2) is 4.98 Å². The lowest BCUT2D eigenvalue weighted by Gasteiger charge is -2.17. The fourth-order valence-corrected chi connectivity index (χ4v) is 4.72. The molecule has 0 spiro atoms. The molecule has 1 amide bonds. The third-order valence-electron chi connectivity index (χ3n) is 5.60. The van der Waals surface area contributed by atoms with Crippen molar-refractivity contribution >= 4 is 38.8 Å². The number of amides is 1. The molecule has 0 fully saturated rings. The Balaban J connectivity index is 1.84. The molecule has 0 aliphatic rings. The second-order valence-corrected chi connectivity index (χ2v) is 8.70. The van der Waals surface area contributed by atoms with Crippen molar-refractivity contribution in [1.29, 1.82) is 0 Å². The first-order chi connectivity index (χ1) is 18.5. The minimum atomic E-state index is -0.463. The normalized spacial score (nSPS) is 10.9. The number of aromatic nitrogens is 1. The summed E-state index contributed by atoms with van der Waals surface area (Å²) in [5, 5.41) is 6.12. The van der Waals surface area contributed by atoms with E-state index < -0.39 is 5.91 Å². The van der Waals surface area contributed by atoms with Crippen LogP contribution in [0.2, 0.25) is 0 Å². The highest BCUT2D eigenvalue weighted by atomic mass is 32.1. The largest absolute Gasteiger partial charge is 0.497 e. The molecule has 198 valence electrons. The molecule has 0 aliphatic heterocycles. The van der Waals surface area contributed by atoms with Gasteiger partial charge in [0.1, 0.15) is 5.75 Å². The Kier molecular flexibility index (Phi) is 8.17. The minimum absolute atomic E-state index is 0.255. The van der Waals surface area contributed by atoms with E-state index in [-0.39, 0.29) is 11.3 Å². The fraction of sp³-hybridized carbons (Fsp3) is 0.222. The van der Waals surface area contributed by atoms with Gasteiger partial charge in [-0.3, -0.25) is 4.79 Å². The van der Waals surface area contributed by atoms with E-state index in [1.165, 1.54) is 58.1 Å². The van der Waals surface area contributed by atoms with Crippen molar-refractivity contribution in [1.82, 2.24) is 4.98 Å². The van der Waals surface area contributed by atoms with Gasteiger partial charge in [-0.15, -0.1) is 0 Å². The van der Waals surface area contributed by atoms with Gasteiger partial charge in [0, 0.05) is 5.56 Å². The van der Waals surface area contributed by atoms with Crippen molar-refractivity contribution in [2.45, 2.75) is 0 Å². The number of ether oxygens (including phenoxy) is 6. The quantitative estimate of drug-likeness (QED) is 0.205. The van der Waals surface area contributed by atoms with Crippen molar-refractivity contribution in [3.63, 3.8) is 0 Å². The average molecular weight is 538 g/mol. The zero-order valence-electron chi connectivity index (χ0n) is 21.8. The number of carbonyl (C=O) groups excluding carboxylic acids is 1. The lowest BCUT2D eigenvalue weighted by molar-refractivity contribution is 0.0984. The number of para-hydroxylation sites is 1. The van der Waals surface area contributed by atoms with Crippen LogP contribution in [0.25, 0.3) is 10.2 Å². The monoisotopic (exact) mass is 537 g/mol. The van der Waals surface area contributed by atoms with Gasteiger partial charge in [0.05, 0.1) is 64.7 Å². The summed E-state index contributed by atoms with van der Waals surface area (Å²) in [6.45, 7) is 0. The number of thiazole rings is 1. The summed E-state index contributed by atoms with van der Waals surface area (Å²) in [4.78, 5) is 18.6. The molecule has 11 heteroatoms. The molecule has 10 nitrogen and oxygen atoms in total.